The molecule has 0 spiro atoms. The molecular weight excluding hydrogens is 355 g/mol. The van der Waals surface area contributed by atoms with E-state index in [1.54, 1.807) is 24.3 Å². The predicted molar refractivity (Wildman–Crippen MR) is 99.2 cm³/mol. The summed E-state index contributed by atoms with van der Waals surface area (Å²) in [6, 6.07) is 14.9. The maximum Gasteiger partial charge on any atom is 0.270 e. The van der Waals surface area contributed by atoms with Crippen molar-refractivity contribution in [2.75, 3.05) is 11.9 Å². The first-order valence-corrected chi connectivity index (χ1v) is 8.37. The summed E-state index contributed by atoms with van der Waals surface area (Å²) in [5.74, 6) is -0.307. The molecule has 1 aromatic heterocycles. The second-order valence-corrected chi connectivity index (χ2v) is 5.91. The molecule has 0 aliphatic heterocycles. The number of rotatable bonds is 6. The SMILES string of the molecule is O=C(NCCc1ccc(F)cc1)c1ccnc(Nc2ccccc2Cl)n1. The molecule has 7 heteroatoms. The first-order valence-electron chi connectivity index (χ1n) is 7.99. The monoisotopic (exact) mass is 370 g/mol. The van der Waals surface area contributed by atoms with Gasteiger partial charge in [-0.3, -0.25) is 4.79 Å². The summed E-state index contributed by atoms with van der Waals surface area (Å²) >= 11 is 6.09. The third-order valence-corrected chi connectivity index (χ3v) is 3.95. The molecule has 0 bridgehead atoms. The van der Waals surface area contributed by atoms with Crippen LogP contribution in [-0.2, 0) is 6.42 Å². The minimum atomic E-state index is -0.309. The Labute approximate surface area is 155 Å². The molecule has 0 atom stereocenters. The van der Waals surface area contributed by atoms with E-state index in [1.165, 1.54) is 24.4 Å². The third kappa shape index (κ3) is 4.77. The highest BCUT2D eigenvalue weighted by Crippen LogP contribution is 2.22. The average Bonchev–Trinajstić information content (AvgIpc) is 2.65. The van der Waals surface area contributed by atoms with Crippen LogP contribution >= 0.6 is 11.6 Å². The van der Waals surface area contributed by atoms with Gasteiger partial charge in [-0.25, -0.2) is 14.4 Å². The van der Waals surface area contributed by atoms with Crippen LogP contribution in [0.1, 0.15) is 16.1 Å². The molecule has 1 amide bonds. The summed E-state index contributed by atoms with van der Waals surface area (Å²) in [6.07, 6.45) is 2.10. The zero-order chi connectivity index (χ0) is 18.4. The Morgan fingerprint density at radius 2 is 1.85 bits per heavy atom. The summed E-state index contributed by atoms with van der Waals surface area (Å²) in [5, 5.41) is 6.31. The number of para-hydroxylation sites is 1. The predicted octanol–water partition coefficient (Wildman–Crippen LogP) is 3.99. The fourth-order valence-electron chi connectivity index (χ4n) is 2.29. The van der Waals surface area contributed by atoms with E-state index < -0.39 is 0 Å². The van der Waals surface area contributed by atoms with Crippen LogP contribution in [-0.4, -0.2) is 22.4 Å². The minimum Gasteiger partial charge on any atom is -0.350 e. The molecule has 0 saturated carbocycles. The number of hydrogen-bond donors (Lipinski definition) is 2. The van der Waals surface area contributed by atoms with E-state index in [1.807, 2.05) is 12.1 Å². The van der Waals surface area contributed by atoms with Gasteiger partial charge >= 0.3 is 0 Å². The van der Waals surface area contributed by atoms with Crippen molar-refractivity contribution in [3.63, 3.8) is 0 Å². The fraction of sp³-hybridized carbons (Fsp3) is 0.105. The topological polar surface area (TPSA) is 66.9 Å². The number of aromatic nitrogens is 2. The van der Waals surface area contributed by atoms with Crippen LogP contribution in [0, 0.1) is 5.82 Å². The third-order valence-electron chi connectivity index (χ3n) is 3.62. The van der Waals surface area contributed by atoms with Crippen molar-refractivity contribution in [3.8, 4) is 0 Å². The van der Waals surface area contributed by atoms with Gasteiger partial charge in [-0.1, -0.05) is 35.9 Å². The number of hydrogen-bond acceptors (Lipinski definition) is 4. The average molecular weight is 371 g/mol. The molecule has 3 rings (SSSR count). The molecule has 0 unspecified atom stereocenters. The summed E-state index contributed by atoms with van der Waals surface area (Å²) in [5.41, 5.74) is 1.84. The molecule has 5 nitrogen and oxygen atoms in total. The Kier molecular flexibility index (Phi) is 5.76. The standard InChI is InChI=1S/C19H16ClFN4O/c20-15-3-1-2-4-16(15)24-19-23-12-10-17(25-19)18(26)22-11-9-13-5-7-14(21)8-6-13/h1-8,10,12H,9,11H2,(H,22,26)(H,23,24,25). The lowest BCUT2D eigenvalue weighted by Crippen LogP contribution is -2.26. The van der Waals surface area contributed by atoms with Crippen LogP contribution in [0.2, 0.25) is 5.02 Å². The van der Waals surface area contributed by atoms with Crippen molar-refractivity contribution in [2.24, 2.45) is 0 Å². The summed E-state index contributed by atoms with van der Waals surface area (Å²) in [6.45, 7) is 0.418. The van der Waals surface area contributed by atoms with Crippen molar-refractivity contribution in [1.29, 1.82) is 0 Å². The number of halogens is 2. The maximum absolute atomic E-state index is 12.9. The Morgan fingerprint density at radius 1 is 1.08 bits per heavy atom. The summed E-state index contributed by atoms with van der Waals surface area (Å²) in [7, 11) is 0. The molecule has 3 aromatic rings. The van der Waals surface area contributed by atoms with Gasteiger partial charge in [0.15, 0.2) is 0 Å². The van der Waals surface area contributed by atoms with Crippen molar-refractivity contribution in [2.45, 2.75) is 6.42 Å². The second kappa shape index (κ2) is 8.40. The molecule has 0 fully saturated rings. The highest BCUT2D eigenvalue weighted by Gasteiger charge is 2.09. The molecule has 0 aliphatic rings. The number of nitrogens with one attached hydrogen (secondary N) is 2. The molecule has 2 N–H and O–H groups in total. The van der Waals surface area contributed by atoms with Gasteiger partial charge in [0, 0.05) is 12.7 Å². The number of carbonyl (C=O) groups excluding carboxylic acids is 1. The van der Waals surface area contributed by atoms with Crippen molar-refractivity contribution in [1.82, 2.24) is 15.3 Å². The van der Waals surface area contributed by atoms with Gasteiger partial charge in [-0.05, 0) is 42.3 Å². The van der Waals surface area contributed by atoms with Crippen molar-refractivity contribution >= 4 is 29.1 Å². The summed E-state index contributed by atoms with van der Waals surface area (Å²) in [4.78, 5) is 20.5. The first kappa shape index (κ1) is 17.8. The lowest BCUT2D eigenvalue weighted by molar-refractivity contribution is 0.0949. The van der Waals surface area contributed by atoms with E-state index in [0.29, 0.717) is 23.7 Å². The highest BCUT2D eigenvalue weighted by atomic mass is 35.5. The number of amides is 1. The number of nitrogens with zero attached hydrogens (tertiary/aromatic N) is 2. The van der Waals surface area contributed by atoms with Crippen LogP contribution in [0.4, 0.5) is 16.0 Å². The number of anilines is 2. The second-order valence-electron chi connectivity index (χ2n) is 5.50. The Hall–Kier alpha value is -2.99. The van der Waals surface area contributed by atoms with E-state index in [2.05, 4.69) is 20.6 Å². The molecule has 2 aromatic carbocycles. The van der Waals surface area contributed by atoms with Gasteiger partial charge in [-0.2, -0.15) is 0 Å². The largest absolute Gasteiger partial charge is 0.350 e. The molecular formula is C19H16ClFN4O. The lowest BCUT2D eigenvalue weighted by Gasteiger charge is -2.08. The van der Waals surface area contributed by atoms with Gasteiger partial charge in [0.05, 0.1) is 10.7 Å². The number of benzene rings is 2. The zero-order valence-corrected chi connectivity index (χ0v) is 14.5. The van der Waals surface area contributed by atoms with E-state index in [0.717, 1.165) is 5.56 Å². The molecule has 0 saturated heterocycles. The first-order chi connectivity index (χ1) is 12.6. The van der Waals surface area contributed by atoms with Crippen molar-refractivity contribution < 1.29 is 9.18 Å². The van der Waals surface area contributed by atoms with Gasteiger partial charge in [-0.15, -0.1) is 0 Å². The normalized spacial score (nSPS) is 10.4. The van der Waals surface area contributed by atoms with E-state index >= 15 is 0 Å². The molecule has 26 heavy (non-hydrogen) atoms. The van der Waals surface area contributed by atoms with Crippen LogP contribution in [0.15, 0.2) is 60.8 Å². The molecule has 132 valence electrons. The van der Waals surface area contributed by atoms with Crippen LogP contribution in [0.5, 0.6) is 0 Å². The van der Waals surface area contributed by atoms with E-state index in [9.17, 15) is 9.18 Å². The lowest BCUT2D eigenvalue weighted by atomic mass is 10.1. The van der Waals surface area contributed by atoms with Gasteiger partial charge in [0.2, 0.25) is 5.95 Å². The Balaban J connectivity index is 1.59. The van der Waals surface area contributed by atoms with Gasteiger partial charge in [0.25, 0.3) is 5.91 Å². The van der Waals surface area contributed by atoms with Crippen LogP contribution < -0.4 is 10.6 Å². The number of carbonyl (C=O) groups is 1. The van der Waals surface area contributed by atoms with Crippen molar-refractivity contribution in [3.05, 3.63) is 82.9 Å². The quantitative estimate of drug-likeness (QED) is 0.688. The Morgan fingerprint density at radius 3 is 2.62 bits per heavy atom. The zero-order valence-electron chi connectivity index (χ0n) is 13.7. The summed E-state index contributed by atoms with van der Waals surface area (Å²) < 4.78 is 12.9. The van der Waals surface area contributed by atoms with E-state index in [4.69, 9.17) is 11.6 Å². The van der Waals surface area contributed by atoms with Gasteiger partial charge in [0.1, 0.15) is 11.5 Å². The maximum atomic E-state index is 12.9. The highest BCUT2D eigenvalue weighted by molar-refractivity contribution is 6.33. The Bertz CT molecular complexity index is 902. The molecule has 0 radical (unpaired) electrons. The van der Waals surface area contributed by atoms with Gasteiger partial charge < -0.3 is 10.6 Å². The smallest absolute Gasteiger partial charge is 0.270 e. The fourth-order valence-corrected chi connectivity index (χ4v) is 2.47. The minimum absolute atomic E-state index is 0.244. The van der Waals surface area contributed by atoms with Crippen LogP contribution in [0.3, 0.4) is 0 Å². The van der Waals surface area contributed by atoms with Crippen LogP contribution in [0.25, 0.3) is 0 Å². The molecule has 0 aliphatic carbocycles. The van der Waals surface area contributed by atoms with E-state index in [-0.39, 0.29) is 23.4 Å². The molecule has 1 heterocycles.